The van der Waals surface area contributed by atoms with E-state index >= 15 is 0 Å². The Hall–Kier alpha value is -1.68. The minimum absolute atomic E-state index is 0.618. The van der Waals surface area contributed by atoms with Crippen LogP contribution in [0.1, 0.15) is 12.8 Å². The molecule has 1 N–H and O–H groups in total. The van der Waals surface area contributed by atoms with Crippen molar-refractivity contribution in [3.05, 3.63) is 30.6 Å². The van der Waals surface area contributed by atoms with Gasteiger partial charge in [-0.25, -0.2) is 0 Å². The molecule has 3 unspecified atom stereocenters. The zero-order chi connectivity index (χ0) is 12.7. The highest BCUT2D eigenvalue weighted by molar-refractivity contribution is 5.78. The fourth-order valence-corrected chi connectivity index (χ4v) is 3.41. The molecule has 2 fully saturated rings. The van der Waals surface area contributed by atoms with Gasteiger partial charge in [0.1, 0.15) is 0 Å². The number of benzene rings is 1. The number of hydrogen-bond donors (Lipinski definition) is 1. The van der Waals surface area contributed by atoms with Crippen LogP contribution >= 0.6 is 0 Å². The van der Waals surface area contributed by atoms with Crippen LogP contribution in [0.25, 0.3) is 11.0 Å². The maximum Gasteiger partial charge on any atom is 0.0907 e. The summed E-state index contributed by atoms with van der Waals surface area (Å²) in [6.07, 6.45) is 6.08. The summed E-state index contributed by atoms with van der Waals surface area (Å²) in [5, 5.41) is 3.71. The van der Waals surface area contributed by atoms with Crippen LogP contribution < -0.4 is 5.32 Å². The van der Waals surface area contributed by atoms with Crippen molar-refractivity contribution in [2.45, 2.75) is 18.9 Å². The molecule has 19 heavy (non-hydrogen) atoms. The molecule has 1 aromatic heterocycles. The second-order valence-corrected chi connectivity index (χ2v) is 5.65. The Bertz CT molecular complexity index is 597. The molecular weight excluding hydrogens is 236 g/mol. The Morgan fingerprint density at radius 1 is 1.05 bits per heavy atom. The van der Waals surface area contributed by atoms with Crippen molar-refractivity contribution in [3.63, 3.8) is 0 Å². The highest BCUT2D eigenvalue weighted by Gasteiger charge is 2.33. The normalized spacial score (nSPS) is 29.6. The van der Waals surface area contributed by atoms with E-state index in [1.54, 1.807) is 12.4 Å². The molecule has 4 nitrogen and oxygen atoms in total. The van der Waals surface area contributed by atoms with Crippen LogP contribution in [0.15, 0.2) is 30.6 Å². The molecule has 1 aromatic carbocycles. The van der Waals surface area contributed by atoms with Crippen LogP contribution in [-0.2, 0) is 0 Å². The van der Waals surface area contributed by atoms with Crippen molar-refractivity contribution in [2.75, 3.05) is 25.0 Å². The SMILES string of the molecule is c1cnc2cc(NC3CCN4CCC3C4)ccc2n1. The molecule has 4 heteroatoms. The molecule has 0 aliphatic carbocycles. The molecule has 0 amide bonds. The van der Waals surface area contributed by atoms with Crippen molar-refractivity contribution in [1.82, 2.24) is 14.9 Å². The number of nitrogens with one attached hydrogen (secondary N) is 1. The molecule has 2 bridgehead atoms. The van der Waals surface area contributed by atoms with Crippen molar-refractivity contribution in [1.29, 1.82) is 0 Å². The third kappa shape index (κ3) is 2.06. The number of fused-ring (bicyclic) bond motifs is 3. The molecule has 4 rings (SSSR count). The lowest BCUT2D eigenvalue weighted by Gasteiger charge is -2.31. The molecule has 2 aromatic rings. The van der Waals surface area contributed by atoms with E-state index in [1.165, 1.54) is 38.2 Å². The number of nitrogens with zero attached hydrogens (tertiary/aromatic N) is 3. The summed E-state index contributed by atoms with van der Waals surface area (Å²) < 4.78 is 0. The fourth-order valence-electron chi connectivity index (χ4n) is 3.41. The summed E-state index contributed by atoms with van der Waals surface area (Å²) >= 11 is 0. The van der Waals surface area contributed by atoms with Crippen LogP contribution in [-0.4, -0.2) is 40.5 Å². The predicted octanol–water partition coefficient (Wildman–Crippen LogP) is 2.14. The fraction of sp³-hybridized carbons (Fsp3) is 0.467. The zero-order valence-electron chi connectivity index (χ0n) is 10.9. The number of anilines is 1. The van der Waals surface area contributed by atoms with Crippen molar-refractivity contribution < 1.29 is 0 Å². The first kappa shape index (κ1) is 11.2. The standard InChI is InChI=1S/C15H18N4/c1-2-14-15(17-6-5-16-14)9-12(1)18-13-4-8-19-7-3-11(13)10-19/h1-2,5-6,9,11,13,18H,3-4,7-8,10H2. The van der Waals surface area contributed by atoms with E-state index in [4.69, 9.17) is 0 Å². The van der Waals surface area contributed by atoms with Crippen LogP contribution in [0.4, 0.5) is 5.69 Å². The van der Waals surface area contributed by atoms with Gasteiger partial charge in [-0.1, -0.05) is 0 Å². The summed E-state index contributed by atoms with van der Waals surface area (Å²) in [6.45, 7) is 3.79. The van der Waals surface area contributed by atoms with E-state index in [2.05, 4.69) is 38.4 Å². The van der Waals surface area contributed by atoms with Gasteiger partial charge in [-0.15, -0.1) is 0 Å². The van der Waals surface area contributed by atoms with E-state index in [1.807, 2.05) is 0 Å². The lowest BCUT2D eigenvalue weighted by Crippen LogP contribution is -2.39. The highest BCUT2D eigenvalue weighted by atomic mass is 15.2. The van der Waals surface area contributed by atoms with Crippen LogP contribution in [0.2, 0.25) is 0 Å². The quantitative estimate of drug-likeness (QED) is 0.891. The minimum Gasteiger partial charge on any atom is -0.382 e. The van der Waals surface area contributed by atoms with Gasteiger partial charge in [0.25, 0.3) is 0 Å². The monoisotopic (exact) mass is 254 g/mol. The summed E-state index contributed by atoms with van der Waals surface area (Å²) in [7, 11) is 0. The van der Waals surface area contributed by atoms with Gasteiger partial charge in [-0.3, -0.25) is 9.97 Å². The molecule has 3 atom stereocenters. The summed E-state index contributed by atoms with van der Waals surface area (Å²) in [4.78, 5) is 11.3. The predicted molar refractivity (Wildman–Crippen MR) is 76.1 cm³/mol. The molecule has 98 valence electrons. The Morgan fingerprint density at radius 2 is 1.89 bits per heavy atom. The Labute approximate surface area is 112 Å². The second-order valence-electron chi connectivity index (χ2n) is 5.65. The van der Waals surface area contributed by atoms with Crippen molar-refractivity contribution in [3.8, 4) is 0 Å². The molecule has 2 aliphatic heterocycles. The average Bonchev–Trinajstić information content (AvgIpc) is 2.85. The Kier molecular flexibility index (Phi) is 2.62. The van der Waals surface area contributed by atoms with Gasteiger partial charge in [-0.05, 0) is 43.5 Å². The van der Waals surface area contributed by atoms with Crippen LogP contribution in [0, 0.1) is 5.92 Å². The average molecular weight is 254 g/mol. The Balaban J connectivity index is 1.57. The summed E-state index contributed by atoms with van der Waals surface area (Å²) in [6, 6.07) is 6.91. The molecule has 0 spiro atoms. The van der Waals surface area contributed by atoms with Gasteiger partial charge in [0.15, 0.2) is 0 Å². The van der Waals surface area contributed by atoms with E-state index in [0.29, 0.717) is 6.04 Å². The van der Waals surface area contributed by atoms with Gasteiger partial charge in [0.2, 0.25) is 0 Å². The molecule has 0 saturated carbocycles. The maximum atomic E-state index is 4.37. The van der Waals surface area contributed by atoms with Gasteiger partial charge in [0.05, 0.1) is 11.0 Å². The van der Waals surface area contributed by atoms with Crippen LogP contribution in [0.5, 0.6) is 0 Å². The zero-order valence-corrected chi connectivity index (χ0v) is 10.9. The summed E-state index contributed by atoms with van der Waals surface area (Å²) in [5.41, 5.74) is 3.11. The minimum atomic E-state index is 0.618. The molecule has 2 saturated heterocycles. The Morgan fingerprint density at radius 3 is 2.84 bits per heavy atom. The van der Waals surface area contributed by atoms with E-state index in [9.17, 15) is 0 Å². The summed E-state index contributed by atoms with van der Waals surface area (Å²) in [5.74, 6) is 0.811. The molecule has 3 heterocycles. The van der Waals surface area contributed by atoms with Crippen molar-refractivity contribution >= 4 is 16.7 Å². The molecular formula is C15H18N4. The van der Waals surface area contributed by atoms with E-state index in [-0.39, 0.29) is 0 Å². The second kappa shape index (κ2) is 4.46. The number of hydrogen-bond acceptors (Lipinski definition) is 4. The lowest BCUT2D eigenvalue weighted by molar-refractivity contribution is 0.255. The largest absolute Gasteiger partial charge is 0.382 e. The molecule has 2 aliphatic rings. The number of piperidine rings is 1. The first-order chi connectivity index (χ1) is 9.38. The van der Waals surface area contributed by atoms with Gasteiger partial charge in [0, 0.05) is 37.2 Å². The van der Waals surface area contributed by atoms with Crippen LogP contribution in [0.3, 0.4) is 0 Å². The first-order valence-electron chi connectivity index (χ1n) is 7.08. The number of rotatable bonds is 2. The smallest absolute Gasteiger partial charge is 0.0907 e. The van der Waals surface area contributed by atoms with E-state index < -0.39 is 0 Å². The van der Waals surface area contributed by atoms with Crippen molar-refractivity contribution in [2.24, 2.45) is 5.92 Å². The topological polar surface area (TPSA) is 41.1 Å². The third-order valence-corrected chi connectivity index (χ3v) is 4.46. The maximum absolute atomic E-state index is 4.37. The third-order valence-electron chi connectivity index (χ3n) is 4.46. The lowest BCUT2D eigenvalue weighted by atomic mass is 9.94. The van der Waals surface area contributed by atoms with Gasteiger partial charge >= 0.3 is 0 Å². The highest BCUT2D eigenvalue weighted by Crippen LogP contribution is 2.29. The van der Waals surface area contributed by atoms with Gasteiger partial charge in [-0.2, -0.15) is 0 Å². The first-order valence-corrected chi connectivity index (χ1v) is 7.08. The number of aromatic nitrogens is 2. The van der Waals surface area contributed by atoms with E-state index in [0.717, 1.165) is 17.0 Å². The van der Waals surface area contributed by atoms with Gasteiger partial charge < -0.3 is 10.2 Å². The molecule has 0 radical (unpaired) electrons.